The summed E-state index contributed by atoms with van der Waals surface area (Å²) in [6.07, 6.45) is -0.0363. The van der Waals surface area contributed by atoms with Gasteiger partial charge in [0.1, 0.15) is 23.4 Å². The zero-order valence-corrected chi connectivity index (χ0v) is 21.8. The minimum absolute atomic E-state index is 0.0458. The highest BCUT2D eigenvalue weighted by Crippen LogP contribution is 2.29. The third-order valence-corrected chi connectivity index (χ3v) is 6.49. The summed E-state index contributed by atoms with van der Waals surface area (Å²) < 4.78 is 10.8. The minimum Gasteiger partial charge on any atom is -0.496 e. The molecule has 196 valence electrons. The zero-order chi connectivity index (χ0) is 27.3. The molecule has 1 heterocycles. The first-order valence-electron chi connectivity index (χ1n) is 11.7. The number of hydrogen-bond acceptors (Lipinski definition) is 6. The molecule has 0 saturated carbocycles. The van der Waals surface area contributed by atoms with E-state index in [-0.39, 0.29) is 24.8 Å². The number of carbonyl (C=O) groups excluding carboxylic acids is 2. The van der Waals surface area contributed by atoms with E-state index in [1.807, 2.05) is 0 Å². The SMILES string of the molecule is CC[C@@H](NC(=O)Cc1c(C)c2ccc(OC)c(C)c2oc1=O)C(=O)N[C@H](Cc1ccc(Cl)cc1)C(=O)O. The average Bonchev–Trinajstić information content (AvgIpc) is 2.86. The summed E-state index contributed by atoms with van der Waals surface area (Å²) >= 11 is 5.87. The Bertz CT molecular complexity index is 1380. The maximum atomic E-state index is 12.8. The first-order chi connectivity index (χ1) is 17.5. The second-order valence-corrected chi connectivity index (χ2v) is 9.13. The van der Waals surface area contributed by atoms with Crippen LogP contribution in [0.5, 0.6) is 5.75 Å². The quantitative estimate of drug-likeness (QED) is 0.343. The fourth-order valence-corrected chi connectivity index (χ4v) is 4.21. The number of carboxylic acids is 1. The maximum absolute atomic E-state index is 12.8. The van der Waals surface area contributed by atoms with E-state index in [1.54, 1.807) is 57.2 Å². The summed E-state index contributed by atoms with van der Waals surface area (Å²) in [7, 11) is 1.52. The third kappa shape index (κ3) is 6.48. The second-order valence-electron chi connectivity index (χ2n) is 8.70. The Balaban J connectivity index is 1.73. The molecule has 9 nitrogen and oxygen atoms in total. The Labute approximate surface area is 218 Å². The standard InChI is InChI=1S/C27H29ClN2O7/c1-5-20(25(32)30-21(26(33)34)12-16-6-8-17(28)9-7-16)29-23(31)13-19-14(2)18-10-11-22(36-4)15(3)24(18)37-27(19)35/h6-11,20-21H,5,12-13H2,1-4H3,(H,29,31)(H,30,32)(H,33,34)/t20-,21-/m1/s1. The van der Waals surface area contributed by atoms with Gasteiger partial charge in [0.2, 0.25) is 11.8 Å². The van der Waals surface area contributed by atoms with Gasteiger partial charge in [0.05, 0.1) is 19.1 Å². The third-order valence-electron chi connectivity index (χ3n) is 6.24. The van der Waals surface area contributed by atoms with Crippen LogP contribution in [0.25, 0.3) is 11.0 Å². The Morgan fingerprint density at radius 2 is 1.70 bits per heavy atom. The molecule has 0 bridgehead atoms. The molecule has 0 spiro atoms. The molecule has 37 heavy (non-hydrogen) atoms. The molecule has 0 fully saturated rings. The monoisotopic (exact) mass is 528 g/mol. The van der Waals surface area contributed by atoms with Gasteiger partial charge in [-0.3, -0.25) is 9.59 Å². The van der Waals surface area contributed by atoms with Crippen LogP contribution in [0.15, 0.2) is 45.6 Å². The van der Waals surface area contributed by atoms with Crippen LogP contribution < -0.4 is 21.0 Å². The number of ether oxygens (including phenoxy) is 1. The molecule has 10 heteroatoms. The lowest BCUT2D eigenvalue weighted by Crippen LogP contribution is -2.52. The van der Waals surface area contributed by atoms with Gasteiger partial charge in [-0.25, -0.2) is 9.59 Å². The van der Waals surface area contributed by atoms with Crippen molar-refractivity contribution >= 4 is 40.4 Å². The molecule has 0 aliphatic heterocycles. The van der Waals surface area contributed by atoms with Gasteiger partial charge < -0.3 is 24.9 Å². The second kappa shape index (κ2) is 11.9. The molecule has 3 rings (SSSR count). The molecule has 0 saturated heterocycles. The highest BCUT2D eigenvalue weighted by atomic mass is 35.5. The normalized spacial score (nSPS) is 12.6. The average molecular weight is 529 g/mol. The van der Waals surface area contributed by atoms with Gasteiger partial charge >= 0.3 is 11.6 Å². The van der Waals surface area contributed by atoms with E-state index >= 15 is 0 Å². The minimum atomic E-state index is -1.21. The van der Waals surface area contributed by atoms with E-state index in [0.717, 1.165) is 0 Å². The van der Waals surface area contributed by atoms with Gasteiger partial charge in [0.15, 0.2) is 0 Å². The molecule has 2 amide bonds. The largest absolute Gasteiger partial charge is 0.496 e. The first kappa shape index (κ1) is 27.7. The molecule has 1 aromatic heterocycles. The van der Waals surface area contributed by atoms with Gasteiger partial charge in [-0.1, -0.05) is 30.7 Å². The van der Waals surface area contributed by atoms with Gasteiger partial charge in [0, 0.05) is 22.4 Å². The summed E-state index contributed by atoms with van der Waals surface area (Å²) in [6.45, 7) is 5.19. The number of amides is 2. The number of halogens is 1. The van der Waals surface area contributed by atoms with E-state index in [4.69, 9.17) is 20.8 Å². The number of aryl methyl sites for hydroxylation is 2. The van der Waals surface area contributed by atoms with Crippen LogP contribution in [0.4, 0.5) is 0 Å². The number of rotatable bonds is 10. The van der Waals surface area contributed by atoms with Crippen LogP contribution in [0.1, 0.15) is 35.6 Å². The van der Waals surface area contributed by atoms with Gasteiger partial charge in [-0.15, -0.1) is 0 Å². The van der Waals surface area contributed by atoms with Crippen molar-refractivity contribution in [1.29, 1.82) is 0 Å². The van der Waals surface area contributed by atoms with Crippen molar-refractivity contribution in [3.05, 3.63) is 74.1 Å². The van der Waals surface area contributed by atoms with Crippen LogP contribution in [0.3, 0.4) is 0 Å². The number of carboxylic acid groups (broad SMARTS) is 1. The smallest absolute Gasteiger partial charge is 0.340 e. The first-order valence-corrected chi connectivity index (χ1v) is 12.1. The highest BCUT2D eigenvalue weighted by Gasteiger charge is 2.26. The summed E-state index contributed by atoms with van der Waals surface area (Å²) in [5, 5.41) is 15.9. The van der Waals surface area contributed by atoms with Crippen LogP contribution in [0, 0.1) is 13.8 Å². The predicted molar refractivity (Wildman–Crippen MR) is 139 cm³/mol. The molecule has 0 unspecified atom stereocenters. The predicted octanol–water partition coefficient (Wildman–Crippen LogP) is 3.32. The van der Waals surface area contributed by atoms with E-state index in [1.165, 1.54) is 7.11 Å². The number of nitrogens with one attached hydrogen (secondary N) is 2. The maximum Gasteiger partial charge on any atom is 0.340 e. The van der Waals surface area contributed by atoms with E-state index < -0.39 is 35.5 Å². The lowest BCUT2D eigenvalue weighted by atomic mass is 10.0. The lowest BCUT2D eigenvalue weighted by Gasteiger charge is -2.21. The number of fused-ring (bicyclic) bond motifs is 1. The molecule has 2 atom stereocenters. The van der Waals surface area contributed by atoms with E-state index in [2.05, 4.69) is 10.6 Å². The summed E-state index contributed by atoms with van der Waals surface area (Å²) in [5.41, 5.74) is 1.86. The number of carbonyl (C=O) groups is 3. The molecular weight excluding hydrogens is 500 g/mol. The number of hydrogen-bond donors (Lipinski definition) is 3. The molecule has 0 aliphatic rings. The molecule has 2 aromatic carbocycles. The van der Waals surface area contributed by atoms with Gasteiger partial charge in [-0.05, 0) is 55.7 Å². The fraction of sp³-hybridized carbons (Fsp3) is 0.333. The van der Waals surface area contributed by atoms with Gasteiger partial charge in [-0.2, -0.15) is 0 Å². The molecule has 3 N–H and O–H groups in total. The molecular formula is C27H29ClN2O7. The highest BCUT2D eigenvalue weighted by molar-refractivity contribution is 6.30. The number of benzene rings is 2. The summed E-state index contributed by atoms with van der Waals surface area (Å²) in [5.74, 6) is -1.83. The zero-order valence-electron chi connectivity index (χ0n) is 21.0. The van der Waals surface area contributed by atoms with Crippen molar-refractivity contribution in [2.24, 2.45) is 0 Å². The van der Waals surface area contributed by atoms with Gasteiger partial charge in [0.25, 0.3) is 0 Å². The fourth-order valence-electron chi connectivity index (χ4n) is 4.08. The van der Waals surface area contributed by atoms with Crippen molar-refractivity contribution in [3.63, 3.8) is 0 Å². The summed E-state index contributed by atoms with van der Waals surface area (Å²) in [4.78, 5) is 50.1. The topological polar surface area (TPSA) is 135 Å². The van der Waals surface area contributed by atoms with Crippen molar-refractivity contribution in [2.75, 3.05) is 7.11 Å². The van der Waals surface area contributed by atoms with E-state index in [9.17, 15) is 24.3 Å². The van der Waals surface area contributed by atoms with Crippen LogP contribution in [-0.4, -0.2) is 42.1 Å². The lowest BCUT2D eigenvalue weighted by molar-refractivity contribution is -0.142. The van der Waals surface area contributed by atoms with E-state index in [0.29, 0.717) is 38.4 Å². The van der Waals surface area contributed by atoms with Crippen LogP contribution in [0.2, 0.25) is 5.02 Å². The van der Waals surface area contributed by atoms with Crippen molar-refractivity contribution < 1.29 is 28.6 Å². The Kier molecular flexibility index (Phi) is 8.94. The van der Waals surface area contributed by atoms with Crippen LogP contribution >= 0.6 is 11.6 Å². The Hall–Kier alpha value is -3.85. The molecule has 0 aliphatic carbocycles. The van der Waals surface area contributed by atoms with Crippen molar-refractivity contribution in [3.8, 4) is 5.75 Å². The Morgan fingerprint density at radius 3 is 2.30 bits per heavy atom. The molecule has 3 aromatic rings. The summed E-state index contributed by atoms with van der Waals surface area (Å²) in [6, 6.07) is 7.96. The Morgan fingerprint density at radius 1 is 1.03 bits per heavy atom. The van der Waals surface area contributed by atoms with Crippen molar-refractivity contribution in [1.82, 2.24) is 10.6 Å². The van der Waals surface area contributed by atoms with Crippen molar-refractivity contribution in [2.45, 2.75) is 52.1 Å². The van der Waals surface area contributed by atoms with Crippen LogP contribution in [-0.2, 0) is 27.2 Å². The number of methoxy groups -OCH3 is 1. The number of aliphatic carboxylic acids is 1. The molecule has 0 radical (unpaired) electrons.